The summed E-state index contributed by atoms with van der Waals surface area (Å²) in [6.45, 7) is 1.22. The lowest BCUT2D eigenvalue weighted by Crippen LogP contribution is -2.35. The van der Waals surface area contributed by atoms with Gasteiger partial charge in [0.05, 0.1) is 6.26 Å². The molecular weight excluding hydrogens is 357 g/mol. The van der Waals surface area contributed by atoms with Crippen LogP contribution in [0.1, 0.15) is 18.4 Å². The Morgan fingerprint density at radius 3 is 2.38 bits per heavy atom. The summed E-state index contributed by atoms with van der Waals surface area (Å²) in [5.41, 5.74) is 1.19. The molecule has 0 amide bonds. The molecule has 1 saturated heterocycles. The van der Waals surface area contributed by atoms with E-state index in [0.29, 0.717) is 30.5 Å². The fourth-order valence-corrected chi connectivity index (χ4v) is 3.60. The minimum Gasteiger partial charge on any atom is -0.457 e. The van der Waals surface area contributed by atoms with Gasteiger partial charge in [0.1, 0.15) is 17.3 Å². The van der Waals surface area contributed by atoms with Crippen LogP contribution in [0.15, 0.2) is 48.5 Å². The van der Waals surface area contributed by atoms with E-state index in [-0.39, 0.29) is 5.82 Å². The van der Waals surface area contributed by atoms with Crippen molar-refractivity contribution in [2.45, 2.75) is 19.3 Å². The van der Waals surface area contributed by atoms with Crippen molar-refractivity contribution in [1.29, 1.82) is 0 Å². The molecule has 1 heterocycles. The van der Waals surface area contributed by atoms with E-state index >= 15 is 0 Å². The summed E-state index contributed by atoms with van der Waals surface area (Å²) in [6.07, 6.45) is 3.76. The molecule has 0 saturated carbocycles. The molecule has 0 bridgehead atoms. The summed E-state index contributed by atoms with van der Waals surface area (Å²) in [7, 11) is -3.44. The van der Waals surface area contributed by atoms with Gasteiger partial charge in [-0.25, -0.2) is 4.39 Å². The van der Waals surface area contributed by atoms with E-state index in [1.165, 1.54) is 22.8 Å². The molecular formula is C19H22FNO4S. The Bertz CT molecular complexity index is 831. The lowest BCUT2D eigenvalue weighted by molar-refractivity contribution is -0.0745. The summed E-state index contributed by atoms with van der Waals surface area (Å²) < 4.78 is 46.1. The molecule has 3 rings (SSSR count). The molecule has 7 heteroatoms. The third-order valence-electron chi connectivity index (χ3n) is 4.29. The number of hydroxylamine groups is 2. The van der Waals surface area contributed by atoms with E-state index in [1.807, 2.05) is 24.3 Å². The highest BCUT2D eigenvalue weighted by molar-refractivity contribution is 7.85. The van der Waals surface area contributed by atoms with Gasteiger partial charge in [-0.2, -0.15) is 17.8 Å². The van der Waals surface area contributed by atoms with Crippen molar-refractivity contribution in [2.75, 3.05) is 19.3 Å². The second-order valence-electron chi connectivity index (χ2n) is 6.56. The molecule has 1 aliphatic heterocycles. The topological polar surface area (TPSA) is 55.8 Å². The maximum absolute atomic E-state index is 13.2. The van der Waals surface area contributed by atoms with Gasteiger partial charge in [0.15, 0.2) is 0 Å². The van der Waals surface area contributed by atoms with Crippen molar-refractivity contribution in [1.82, 2.24) is 5.06 Å². The van der Waals surface area contributed by atoms with Crippen molar-refractivity contribution in [3.05, 3.63) is 59.9 Å². The standard InChI is InChI=1S/C19H22FNO4S/c1-26(22,23)25-21-11-9-16(10-12-21)13-15-5-7-18(8-6-15)24-19-4-2-3-17(20)14-19/h2-8,14,16H,9-13H2,1H3. The first-order valence-electron chi connectivity index (χ1n) is 8.54. The molecule has 5 nitrogen and oxygen atoms in total. The Kier molecular flexibility index (Phi) is 5.90. The summed E-state index contributed by atoms with van der Waals surface area (Å²) in [5.74, 6) is 1.29. The maximum atomic E-state index is 13.2. The maximum Gasteiger partial charge on any atom is 0.280 e. The number of nitrogens with zero attached hydrogens (tertiary/aromatic N) is 1. The number of hydrogen-bond donors (Lipinski definition) is 0. The van der Waals surface area contributed by atoms with Gasteiger partial charge < -0.3 is 4.74 Å². The molecule has 0 aromatic heterocycles. The highest BCUT2D eigenvalue weighted by Gasteiger charge is 2.22. The van der Waals surface area contributed by atoms with Crippen LogP contribution in [-0.2, 0) is 20.8 Å². The summed E-state index contributed by atoms with van der Waals surface area (Å²) in [5, 5.41) is 1.52. The van der Waals surface area contributed by atoms with Crippen LogP contribution >= 0.6 is 0 Å². The average molecular weight is 379 g/mol. The Morgan fingerprint density at radius 2 is 1.77 bits per heavy atom. The summed E-state index contributed by atoms with van der Waals surface area (Å²) >= 11 is 0. The fourth-order valence-electron chi connectivity index (χ4n) is 3.07. The Hall–Kier alpha value is -1.96. The van der Waals surface area contributed by atoms with Crippen molar-refractivity contribution in [2.24, 2.45) is 5.92 Å². The van der Waals surface area contributed by atoms with Crippen LogP contribution in [0.3, 0.4) is 0 Å². The van der Waals surface area contributed by atoms with Crippen LogP contribution in [0.5, 0.6) is 11.5 Å². The predicted octanol–water partition coefficient (Wildman–Crippen LogP) is 3.76. The molecule has 0 aliphatic carbocycles. The second kappa shape index (κ2) is 8.16. The van der Waals surface area contributed by atoms with E-state index in [0.717, 1.165) is 25.5 Å². The Morgan fingerprint density at radius 1 is 1.08 bits per heavy atom. The van der Waals surface area contributed by atoms with Gasteiger partial charge >= 0.3 is 0 Å². The van der Waals surface area contributed by atoms with E-state index in [9.17, 15) is 12.8 Å². The number of halogens is 1. The van der Waals surface area contributed by atoms with Gasteiger partial charge in [-0.05, 0) is 55.0 Å². The fraction of sp³-hybridized carbons (Fsp3) is 0.368. The van der Waals surface area contributed by atoms with Crippen molar-refractivity contribution in [3.8, 4) is 11.5 Å². The van der Waals surface area contributed by atoms with E-state index in [1.54, 1.807) is 12.1 Å². The number of piperidine rings is 1. The zero-order valence-electron chi connectivity index (χ0n) is 14.6. The molecule has 0 spiro atoms. The van der Waals surface area contributed by atoms with Crippen molar-refractivity contribution in [3.63, 3.8) is 0 Å². The highest BCUT2D eigenvalue weighted by atomic mass is 32.2. The number of ether oxygens (including phenoxy) is 1. The number of hydrogen-bond acceptors (Lipinski definition) is 5. The lowest BCUT2D eigenvalue weighted by atomic mass is 9.91. The molecule has 0 radical (unpaired) electrons. The minimum atomic E-state index is -3.44. The van der Waals surface area contributed by atoms with Crippen LogP contribution in [0.25, 0.3) is 0 Å². The zero-order valence-corrected chi connectivity index (χ0v) is 15.4. The van der Waals surface area contributed by atoms with Gasteiger partial charge in [-0.15, -0.1) is 0 Å². The Labute approximate surface area is 153 Å². The number of rotatable bonds is 6. The third-order valence-corrected chi connectivity index (χ3v) is 4.78. The normalized spacial score (nSPS) is 16.5. The van der Waals surface area contributed by atoms with Crippen LogP contribution in [0.4, 0.5) is 4.39 Å². The molecule has 0 atom stereocenters. The second-order valence-corrected chi connectivity index (χ2v) is 8.12. The van der Waals surface area contributed by atoms with Crippen molar-refractivity contribution < 1.29 is 21.8 Å². The van der Waals surface area contributed by atoms with Gasteiger partial charge in [-0.3, -0.25) is 0 Å². The van der Waals surface area contributed by atoms with Gasteiger partial charge in [-0.1, -0.05) is 18.2 Å². The summed E-state index contributed by atoms with van der Waals surface area (Å²) in [4.78, 5) is 0. The van der Waals surface area contributed by atoms with E-state index in [2.05, 4.69) is 0 Å². The molecule has 1 fully saturated rings. The quantitative estimate of drug-likeness (QED) is 0.765. The molecule has 1 aliphatic rings. The first-order chi connectivity index (χ1) is 12.4. The van der Waals surface area contributed by atoms with Crippen LogP contribution in [-0.4, -0.2) is 32.8 Å². The predicted molar refractivity (Wildman–Crippen MR) is 96.8 cm³/mol. The van der Waals surface area contributed by atoms with Gasteiger partial charge in [0.25, 0.3) is 10.1 Å². The highest BCUT2D eigenvalue weighted by Crippen LogP contribution is 2.25. The zero-order chi connectivity index (χ0) is 18.6. The molecule has 140 valence electrons. The molecule has 0 N–H and O–H groups in total. The third kappa shape index (κ3) is 5.79. The average Bonchev–Trinajstić information content (AvgIpc) is 2.57. The largest absolute Gasteiger partial charge is 0.457 e. The molecule has 26 heavy (non-hydrogen) atoms. The lowest BCUT2D eigenvalue weighted by Gasteiger charge is -2.30. The summed E-state index contributed by atoms with van der Waals surface area (Å²) in [6, 6.07) is 13.8. The van der Waals surface area contributed by atoms with Gasteiger partial charge in [0.2, 0.25) is 0 Å². The first kappa shape index (κ1) is 18.8. The molecule has 0 unspecified atom stereocenters. The van der Waals surface area contributed by atoms with Crippen LogP contribution in [0, 0.1) is 11.7 Å². The molecule has 2 aromatic carbocycles. The van der Waals surface area contributed by atoms with Crippen LogP contribution < -0.4 is 4.74 Å². The Balaban J connectivity index is 1.50. The first-order valence-corrected chi connectivity index (χ1v) is 10.4. The van der Waals surface area contributed by atoms with E-state index < -0.39 is 10.1 Å². The SMILES string of the molecule is CS(=O)(=O)ON1CCC(Cc2ccc(Oc3cccc(F)c3)cc2)CC1. The molecule has 2 aromatic rings. The van der Waals surface area contributed by atoms with Gasteiger partial charge in [0, 0.05) is 19.2 Å². The van der Waals surface area contributed by atoms with Crippen molar-refractivity contribution >= 4 is 10.1 Å². The number of benzene rings is 2. The monoisotopic (exact) mass is 379 g/mol. The smallest absolute Gasteiger partial charge is 0.280 e. The minimum absolute atomic E-state index is 0.328. The van der Waals surface area contributed by atoms with Crippen LogP contribution in [0.2, 0.25) is 0 Å². The van der Waals surface area contributed by atoms with E-state index in [4.69, 9.17) is 9.02 Å².